The first-order valence-electron chi connectivity index (χ1n) is 5.63. The number of anilines is 1. The molecule has 0 saturated carbocycles. The van der Waals surface area contributed by atoms with Gasteiger partial charge in [-0.15, -0.1) is 0 Å². The molecule has 2 aromatic rings. The van der Waals surface area contributed by atoms with E-state index >= 15 is 0 Å². The molecule has 1 aliphatic heterocycles. The first-order valence-corrected chi connectivity index (χ1v) is 5.63. The van der Waals surface area contributed by atoms with Gasteiger partial charge in [0.1, 0.15) is 11.9 Å². The number of amides is 2. The number of carbonyl (C=O) groups is 2. The number of rotatable bonds is 2. The topological polar surface area (TPSA) is 88.4 Å². The summed E-state index contributed by atoms with van der Waals surface area (Å²) >= 11 is 0. The molecule has 0 aromatic carbocycles. The molecular formula is C11H11N5O2. The first kappa shape index (κ1) is 10.7. The Labute approximate surface area is 102 Å². The summed E-state index contributed by atoms with van der Waals surface area (Å²) < 4.78 is 1.63. The van der Waals surface area contributed by atoms with E-state index in [1.165, 1.54) is 0 Å². The highest BCUT2D eigenvalue weighted by atomic mass is 16.2. The van der Waals surface area contributed by atoms with E-state index in [0.29, 0.717) is 24.3 Å². The van der Waals surface area contributed by atoms with Gasteiger partial charge < -0.3 is 5.32 Å². The molecule has 1 aliphatic rings. The molecule has 3 rings (SSSR count). The van der Waals surface area contributed by atoms with E-state index in [0.717, 1.165) is 0 Å². The number of imide groups is 1. The summed E-state index contributed by atoms with van der Waals surface area (Å²) in [6.45, 7) is 0. The fourth-order valence-electron chi connectivity index (χ4n) is 1.90. The second-order valence-electron chi connectivity index (χ2n) is 4.09. The zero-order valence-electron chi connectivity index (χ0n) is 9.46. The third-order valence-corrected chi connectivity index (χ3v) is 2.82. The van der Waals surface area contributed by atoms with E-state index in [1.807, 2.05) is 0 Å². The van der Waals surface area contributed by atoms with Crippen LogP contribution in [0, 0.1) is 0 Å². The molecule has 2 aromatic heterocycles. The maximum Gasteiger partial charge on any atom is 0.249 e. The molecular weight excluding hydrogens is 234 g/mol. The standard InChI is InChI=1S/C11H11N5O2/c17-10-2-1-7(11(18)15-10)13-8-4-6-16-9(14-8)3-5-12-16/h3-7H,1-2H2,(H,13,14)(H,15,17,18). The average molecular weight is 245 g/mol. The predicted octanol–water partition coefficient (Wildman–Crippen LogP) is -0.0536. The van der Waals surface area contributed by atoms with E-state index in [2.05, 4.69) is 20.7 Å². The van der Waals surface area contributed by atoms with Gasteiger partial charge >= 0.3 is 0 Å². The van der Waals surface area contributed by atoms with Gasteiger partial charge in [-0.05, 0) is 12.5 Å². The predicted molar refractivity (Wildman–Crippen MR) is 62.8 cm³/mol. The smallest absolute Gasteiger partial charge is 0.249 e. The summed E-state index contributed by atoms with van der Waals surface area (Å²) in [4.78, 5) is 26.9. The zero-order valence-corrected chi connectivity index (χ0v) is 9.46. The summed E-state index contributed by atoms with van der Waals surface area (Å²) in [6.07, 6.45) is 4.24. The van der Waals surface area contributed by atoms with Gasteiger partial charge in [0.05, 0.1) is 6.20 Å². The summed E-state index contributed by atoms with van der Waals surface area (Å²) in [6, 6.07) is 3.10. The lowest BCUT2D eigenvalue weighted by Gasteiger charge is -2.22. The Morgan fingerprint density at radius 2 is 2.28 bits per heavy atom. The van der Waals surface area contributed by atoms with Crippen molar-refractivity contribution in [2.45, 2.75) is 18.9 Å². The molecule has 2 amide bonds. The first-order chi connectivity index (χ1) is 8.72. The van der Waals surface area contributed by atoms with Crippen LogP contribution in [0.3, 0.4) is 0 Å². The maximum absolute atomic E-state index is 11.6. The SMILES string of the molecule is O=C1CCC(Nc2ccn3nccc3n2)C(=O)N1. The largest absolute Gasteiger partial charge is 0.358 e. The number of hydrogen-bond donors (Lipinski definition) is 2. The van der Waals surface area contributed by atoms with Crippen LogP contribution in [-0.4, -0.2) is 32.5 Å². The number of aromatic nitrogens is 3. The second kappa shape index (κ2) is 4.10. The number of nitrogens with one attached hydrogen (secondary N) is 2. The van der Waals surface area contributed by atoms with Gasteiger partial charge in [0, 0.05) is 18.7 Å². The minimum absolute atomic E-state index is 0.225. The molecule has 0 bridgehead atoms. The molecule has 0 radical (unpaired) electrons. The summed E-state index contributed by atoms with van der Waals surface area (Å²) in [5, 5.41) is 9.35. The van der Waals surface area contributed by atoms with Crippen molar-refractivity contribution in [3.05, 3.63) is 24.5 Å². The average Bonchev–Trinajstić information content (AvgIpc) is 2.80. The van der Waals surface area contributed by atoms with Crippen LogP contribution in [0.4, 0.5) is 5.82 Å². The molecule has 1 atom stereocenters. The fourth-order valence-corrected chi connectivity index (χ4v) is 1.90. The van der Waals surface area contributed by atoms with Crippen molar-refractivity contribution >= 4 is 23.3 Å². The molecule has 7 nitrogen and oxygen atoms in total. The third-order valence-electron chi connectivity index (χ3n) is 2.82. The van der Waals surface area contributed by atoms with Crippen LogP contribution in [0.2, 0.25) is 0 Å². The monoisotopic (exact) mass is 245 g/mol. The van der Waals surface area contributed by atoms with Gasteiger partial charge in [-0.2, -0.15) is 5.10 Å². The van der Waals surface area contributed by atoms with Crippen LogP contribution in [-0.2, 0) is 9.59 Å². The Morgan fingerprint density at radius 1 is 1.39 bits per heavy atom. The van der Waals surface area contributed by atoms with Gasteiger partial charge in [0.25, 0.3) is 0 Å². The highest BCUT2D eigenvalue weighted by Crippen LogP contribution is 2.12. The summed E-state index contributed by atoms with van der Waals surface area (Å²) in [5.74, 6) is 0.0659. The van der Waals surface area contributed by atoms with Gasteiger partial charge in [0.15, 0.2) is 5.65 Å². The number of fused-ring (bicyclic) bond motifs is 1. The molecule has 1 unspecified atom stereocenters. The molecule has 92 valence electrons. The molecule has 1 fully saturated rings. The Morgan fingerprint density at radius 3 is 3.11 bits per heavy atom. The Kier molecular flexibility index (Phi) is 2.44. The lowest BCUT2D eigenvalue weighted by atomic mass is 10.1. The molecule has 0 aliphatic carbocycles. The molecule has 18 heavy (non-hydrogen) atoms. The van der Waals surface area contributed by atoms with Crippen LogP contribution in [0.25, 0.3) is 5.65 Å². The van der Waals surface area contributed by atoms with Crippen LogP contribution < -0.4 is 10.6 Å². The van der Waals surface area contributed by atoms with Gasteiger partial charge in [-0.1, -0.05) is 0 Å². The van der Waals surface area contributed by atoms with Crippen LogP contribution in [0.15, 0.2) is 24.5 Å². The van der Waals surface area contributed by atoms with Crippen molar-refractivity contribution in [3.8, 4) is 0 Å². The third kappa shape index (κ3) is 1.90. The normalized spacial score (nSPS) is 19.9. The highest BCUT2D eigenvalue weighted by molar-refractivity contribution is 6.01. The molecule has 3 heterocycles. The zero-order chi connectivity index (χ0) is 12.5. The summed E-state index contributed by atoms with van der Waals surface area (Å²) in [5.41, 5.74) is 0.701. The number of piperidine rings is 1. The molecule has 7 heteroatoms. The van der Waals surface area contributed by atoms with Crippen LogP contribution in [0.5, 0.6) is 0 Å². The summed E-state index contributed by atoms with van der Waals surface area (Å²) in [7, 11) is 0. The van der Waals surface area contributed by atoms with Crippen molar-refractivity contribution in [2.75, 3.05) is 5.32 Å². The Hall–Kier alpha value is -2.44. The van der Waals surface area contributed by atoms with Gasteiger partial charge in [0.2, 0.25) is 11.8 Å². The number of hydrogen-bond acceptors (Lipinski definition) is 5. The molecule has 1 saturated heterocycles. The minimum Gasteiger partial charge on any atom is -0.358 e. The highest BCUT2D eigenvalue weighted by Gasteiger charge is 2.26. The van der Waals surface area contributed by atoms with Crippen molar-refractivity contribution < 1.29 is 9.59 Å². The lowest BCUT2D eigenvalue weighted by molar-refractivity contribution is -0.133. The Bertz CT molecular complexity index is 621. The van der Waals surface area contributed by atoms with E-state index in [-0.39, 0.29) is 11.8 Å². The number of nitrogens with zero attached hydrogens (tertiary/aromatic N) is 3. The van der Waals surface area contributed by atoms with E-state index in [1.54, 1.807) is 29.0 Å². The number of carbonyl (C=O) groups excluding carboxylic acids is 2. The molecule has 2 N–H and O–H groups in total. The maximum atomic E-state index is 11.6. The molecule has 0 spiro atoms. The van der Waals surface area contributed by atoms with Crippen molar-refractivity contribution in [1.29, 1.82) is 0 Å². The minimum atomic E-state index is -0.416. The van der Waals surface area contributed by atoms with E-state index < -0.39 is 6.04 Å². The van der Waals surface area contributed by atoms with Crippen molar-refractivity contribution in [3.63, 3.8) is 0 Å². The quantitative estimate of drug-likeness (QED) is 0.724. The van der Waals surface area contributed by atoms with Crippen molar-refractivity contribution in [1.82, 2.24) is 19.9 Å². The van der Waals surface area contributed by atoms with Gasteiger partial charge in [-0.25, -0.2) is 9.50 Å². The van der Waals surface area contributed by atoms with Crippen molar-refractivity contribution in [2.24, 2.45) is 0 Å². The second-order valence-corrected chi connectivity index (χ2v) is 4.09. The van der Waals surface area contributed by atoms with E-state index in [4.69, 9.17) is 0 Å². The van der Waals surface area contributed by atoms with Gasteiger partial charge in [-0.3, -0.25) is 14.9 Å². The van der Waals surface area contributed by atoms with Crippen LogP contribution in [0.1, 0.15) is 12.8 Å². The lowest BCUT2D eigenvalue weighted by Crippen LogP contribution is -2.47. The fraction of sp³-hybridized carbons (Fsp3) is 0.273. The van der Waals surface area contributed by atoms with E-state index in [9.17, 15) is 9.59 Å². The Balaban J connectivity index is 1.79. The van der Waals surface area contributed by atoms with Crippen LogP contribution >= 0.6 is 0 Å².